The van der Waals surface area contributed by atoms with E-state index in [1.807, 2.05) is 13.0 Å². The second-order valence-electron chi connectivity index (χ2n) is 3.21. The summed E-state index contributed by atoms with van der Waals surface area (Å²) >= 11 is 0. The Labute approximate surface area is 81.0 Å². The van der Waals surface area contributed by atoms with Gasteiger partial charge < -0.3 is 4.74 Å². The maximum Gasteiger partial charge on any atom is 0.306 e. The van der Waals surface area contributed by atoms with Crippen LogP contribution >= 0.6 is 0 Å². The molecule has 2 heteroatoms. The van der Waals surface area contributed by atoms with Crippen LogP contribution in [0.5, 0.6) is 0 Å². The molecule has 0 radical (unpaired) electrons. The first-order valence-corrected chi connectivity index (χ1v) is 4.94. The minimum absolute atomic E-state index is 0.112. The Hall–Kier alpha value is -0.790. The fraction of sp³-hybridized carbons (Fsp3) is 0.727. The van der Waals surface area contributed by atoms with Crippen molar-refractivity contribution < 1.29 is 9.53 Å². The summed E-state index contributed by atoms with van der Waals surface area (Å²) in [4.78, 5) is 11.0. The molecule has 76 valence electrons. The van der Waals surface area contributed by atoms with E-state index < -0.39 is 0 Å². The Balaban J connectivity index is 3.86. The smallest absolute Gasteiger partial charge is 0.306 e. The van der Waals surface area contributed by atoms with Gasteiger partial charge in [0.25, 0.3) is 0 Å². The fourth-order valence-electron chi connectivity index (χ4n) is 1.30. The zero-order valence-electron chi connectivity index (χ0n) is 8.88. The number of methoxy groups -OCH3 is 1. The molecule has 0 aliphatic carbocycles. The molecule has 0 aromatic rings. The summed E-state index contributed by atoms with van der Waals surface area (Å²) in [6.45, 7) is 4.14. The van der Waals surface area contributed by atoms with Gasteiger partial charge in [-0.3, -0.25) is 4.79 Å². The van der Waals surface area contributed by atoms with Crippen molar-refractivity contribution >= 4 is 5.97 Å². The lowest BCUT2D eigenvalue weighted by molar-refractivity contribution is -0.141. The second-order valence-corrected chi connectivity index (χ2v) is 3.21. The largest absolute Gasteiger partial charge is 0.469 e. The monoisotopic (exact) mass is 184 g/mol. The van der Waals surface area contributed by atoms with E-state index in [0.717, 1.165) is 6.42 Å². The highest BCUT2D eigenvalue weighted by Crippen LogP contribution is 2.14. The summed E-state index contributed by atoms with van der Waals surface area (Å²) in [6, 6.07) is 0. The lowest BCUT2D eigenvalue weighted by atomic mass is 9.98. The Kier molecular flexibility index (Phi) is 7.36. The molecule has 0 heterocycles. The van der Waals surface area contributed by atoms with Crippen LogP contribution < -0.4 is 0 Å². The molecule has 0 spiro atoms. The Morgan fingerprint density at radius 2 is 2.23 bits per heavy atom. The molecule has 2 nitrogen and oxygen atoms in total. The fourth-order valence-corrected chi connectivity index (χ4v) is 1.30. The SMILES string of the molecule is C/C=C/C(CCCC)CC(=O)OC. The lowest BCUT2D eigenvalue weighted by Gasteiger charge is -2.09. The van der Waals surface area contributed by atoms with Gasteiger partial charge in [0, 0.05) is 0 Å². The predicted molar refractivity (Wildman–Crippen MR) is 54.5 cm³/mol. The van der Waals surface area contributed by atoms with Crippen molar-refractivity contribution in [2.45, 2.75) is 39.5 Å². The molecule has 0 saturated heterocycles. The van der Waals surface area contributed by atoms with E-state index in [4.69, 9.17) is 0 Å². The van der Waals surface area contributed by atoms with E-state index in [-0.39, 0.29) is 5.97 Å². The molecule has 0 amide bonds. The van der Waals surface area contributed by atoms with Crippen LogP contribution in [0.25, 0.3) is 0 Å². The average Bonchev–Trinajstić information content (AvgIpc) is 2.14. The number of hydrogen-bond acceptors (Lipinski definition) is 2. The van der Waals surface area contributed by atoms with Crippen molar-refractivity contribution in [2.24, 2.45) is 5.92 Å². The molecule has 1 unspecified atom stereocenters. The minimum Gasteiger partial charge on any atom is -0.469 e. The zero-order chi connectivity index (χ0) is 10.1. The molecule has 0 aromatic carbocycles. The van der Waals surface area contributed by atoms with Gasteiger partial charge in [0.05, 0.1) is 13.5 Å². The quantitative estimate of drug-likeness (QED) is 0.468. The average molecular weight is 184 g/mol. The van der Waals surface area contributed by atoms with Crippen LogP contribution in [-0.4, -0.2) is 13.1 Å². The molecule has 0 bridgehead atoms. The number of unbranched alkanes of at least 4 members (excludes halogenated alkanes) is 1. The molecule has 0 N–H and O–H groups in total. The van der Waals surface area contributed by atoms with Gasteiger partial charge >= 0.3 is 5.97 Å². The van der Waals surface area contributed by atoms with Crippen LogP contribution in [0.15, 0.2) is 12.2 Å². The number of rotatable bonds is 6. The van der Waals surface area contributed by atoms with Gasteiger partial charge in [0.2, 0.25) is 0 Å². The lowest BCUT2D eigenvalue weighted by Crippen LogP contribution is -2.08. The summed E-state index contributed by atoms with van der Waals surface area (Å²) in [6.07, 6.45) is 8.04. The molecule has 13 heavy (non-hydrogen) atoms. The van der Waals surface area contributed by atoms with Crippen molar-refractivity contribution in [3.8, 4) is 0 Å². The maximum atomic E-state index is 11.0. The number of allylic oxidation sites excluding steroid dienone is 2. The predicted octanol–water partition coefficient (Wildman–Crippen LogP) is 2.93. The molecule has 0 saturated carbocycles. The Morgan fingerprint density at radius 1 is 1.54 bits per heavy atom. The number of carbonyl (C=O) groups is 1. The van der Waals surface area contributed by atoms with Crippen LogP contribution in [0.4, 0.5) is 0 Å². The summed E-state index contributed by atoms with van der Waals surface area (Å²) in [5, 5.41) is 0. The number of esters is 1. The molecule has 0 rings (SSSR count). The first kappa shape index (κ1) is 12.2. The third-order valence-electron chi connectivity index (χ3n) is 2.05. The van der Waals surface area contributed by atoms with Gasteiger partial charge in [-0.15, -0.1) is 0 Å². The Morgan fingerprint density at radius 3 is 2.69 bits per heavy atom. The molecule has 0 aliphatic heterocycles. The molecule has 0 fully saturated rings. The third kappa shape index (κ3) is 6.38. The van der Waals surface area contributed by atoms with Crippen molar-refractivity contribution in [1.29, 1.82) is 0 Å². The highest BCUT2D eigenvalue weighted by atomic mass is 16.5. The number of hydrogen-bond donors (Lipinski definition) is 0. The van der Waals surface area contributed by atoms with Gasteiger partial charge in [-0.25, -0.2) is 0 Å². The highest BCUT2D eigenvalue weighted by molar-refractivity contribution is 5.69. The van der Waals surface area contributed by atoms with E-state index in [1.165, 1.54) is 20.0 Å². The van der Waals surface area contributed by atoms with Crippen molar-refractivity contribution in [3.63, 3.8) is 0 Å². The summed E-state index contributed by atoms with van der Waals surface area (Å²) in [5.74, 6) is 0.247. The van der Waals surface area contributed by atoms with Crippen molar-refractivity contribution in [1.82, 2.24) is 0 Å². The molecule has 0 aliphatic rings. The molecular weight excluding hydrogens is 164 g/mol. The third-order valence-corrected chi connectivity index (χ3v) is 2.05. The first-order chi connectivity index (χ1) is 6.24. The van der Waals surface area contributed by atoms with Crippen LogP contribution in [0.3, 0.4) is 0 Å². The van der Waals surface area contributed by atoms with Crippen LogP contribution in [0.1, 0.15) is 39.5 Å². The van der Waals surface area contributed by atoms with Crippen LogP contribution in [-0.2, 0) is 9.53 Å². The van der Waals surface area contributed by atoms with Crippen LogP contribution in [0.2, 0.25) is 0 Å². The molecule has 1 atom stereocenters. The molecular formula is C11H20O2. The van der Waals surface area contributed by atoms with E-state index >= 15 is 0 Å². The highest BCUT2D eigenvalue weighted by Gasteiger charge is 2.09. The van der Waals surface area contributed by atoms with Crippen molar-refractivity contribution in [3.05, 3.63) is 12.2 Å². The maximum absolute atomic E-state index is 11.0. The topological polar surface area (TPSA) is 26.3 Å². The first-order valence-electron chi connectivity index (χ1n) is 4.94. The number of ether oxygens (including phenoxy) is 1. The second kappa shape index (κ2) is 7.84. The summed E-state index contributed by atoms with van der Waals surface area (Å²) < 4.78 is 4.63. The van der Waals surface area contributed by atoms with Gasteiger partial charge in [-0.1, -0.05) is 31.9 Å². The zero-order valence-corrected chi connectivity index (χ0v) is 8.88. The van der Waals surface area contributed by atoms with Gasteiger partial charge in [0.1, 0.15) is 0 Å². The van der Waals surface area contributed by atoms with E-state index in [2.05, 4.69) is 17.7 Å². The number of carbonyl (C=O) groups excluding carboxylic acids is 1. The van der Waals surface area contributed by atoms with Crippen molar-refractivity contribution in [2.75, 3.05) is 7.11 Å². The molecule has 0 aromatic heterocycles. The minimum atomic E-state index is -0.112. The van der Waals surface area contributed by atoms with Gasteiger partial charge in [0.15, 0.2) is 0 Å². The summed E-state index contributed by atoms with van der Waals surface area (Å²) in [5.41, 5.74) is 0. The van der Waals surface area contributed by atoms with E-state index in [1.54, 1.807) is 0 Å². The van der Waals surface area contributed by atoms with Gasteiger partial charge in [-0.05, 0) is 19.3 Å². The van der Waals surface area contributed by atoms with Gasteiger partial charge in [-0.2, -0.15) is 0 Å². The Bertz CT molecular complexity index is 161. The summed E-state index contributed by atoms with van der Waals surface area (Å²) in [7, 11) is 1.44. The standard InChI is InChI=1S/C11H20O2/c1-4-6-8-10(7-5-2)9-11(12)13-3/h5,7,10H,4,6,8-9H2,1-3H3/b7-5+. The van der Waals surface area contributed by atoms with Crippen LogP contribution in [0, 0.1) is 5.92 Å². The van der Waals surface area contributed by atoms with E-state index in [0.29, 0.717) is 12.3 Å². The van der Waals surface area contributed by atoms with E-state index in [9.17, 15) is 4.79 Å². The normalized spacial score (nSPS) is 13.2.